The maximum atomic E-state index is 12.0. The average molecular weight is 358 g/mol. The van der Waals surface area contributed by atoms with Gasteiger partial charge in [0.05, 0.1) is 18.7 Å². The van der Waals surface area contributed by atoms with Crippen molar-refractivity contribution in [3.05, 3.63) is 52.5 Å². The molecule has 132 valence electrons. The van der Waals surface area contributed by atoms with Crippen molar-refractivity contribution in [3.63, 3.8) is 0 Å². The molecule has 0 aliphatic carbocycles. The van der Waals surface area contributed by atoms with E-state index in [1.165, 1.54) is 23.0 Å². The summed E-state index contributed by atoms with van der Waals surface area (Å²) in [5.74, 6) is -0.101. The lowest BCUT2D eigenvalue weighted by atomic mass is 10.0. The Labute approximate surface area is 151 Å². The highest BCUT2D eigenvalue weighted by Crippen LogP contribution is 2.17. The molecule has 0 aliphatic rings. The van der Waals surface area contributed by atoms with Gasteiger partial charge in [0.2, 0.25) is 5.91 Å². The van der Waals surface area contributed by atoms with Crippen LogP contribution >= 0.6 is 11.3 Å². The van der Waals surface area contributed by atoms with Gasteiger partial charge in [0.1, 0.15) is 0 Å². The summed E-state index contributed by atoms with van der Waals surface area (Å²) in [6.45, 7) is 6.38. The molecule has 0 saturated heterocycles. The highest BCUT2D eigenvalue weighted by molar-refractivity contribution is 7.14. The lowest BCUT2D eigenvalue weighted by Gasteiger charge is -2.04. The minimum Gasteiger partial charge on any atom is -0.466 e. The van der Waals surface area contributed by atoms with Gasteiger partial charge in [-0.25, -0.2) is 4.98 Å². The van der Waals surface area contributed by atoms with Crippen molar-refractivity contribution >= 4 is 34.4 Å². The van der Waals surface area contributed by atoms with Crippen molar-refractivity contribution in [2.45, 2.75) is 33.1 Å². The lowest BCUT2D eigenvalue weighted by molar-refractivity contribution is -0.142. The molecule has 1 heterocycles. The number of carbonyl (C=O) groups excluding carboxylic acids is 2. The fraction of sp³-hybridized carbons (Fsp3) is 0.316. The Morgan fingerprint density at radius 1 is 1.28 bits per heavy atom. The van der Waals surface area contributed by atoms with Crippen molar-refractivity contribution in [3.8, 4) is 0 Å². The third-order valence-corrected chi connectivity index (χ3v) is 4.25. The summed E-state index contributed by atoms with van der Waals surface area (Å²) in [5.41, 5.74) is 2.81. The molecule has 0 bridgehead atoms. The number of esters is 1. The molecule has 2 aromatic rings. The van der Waals surface area contributed by atoms with Crippen LogP contribution in [0.15, 0.2) is 35.7 Å². The topological polar surface area (TPSA) is 68.3 Å². The molecule has 0 atom stereocenters. The Bertz CT molecular complexity index is 748. The van der Waals surface area contributed by atoms with E-state index in [2.05, 4.69) is 36.3 Å². The number of ether oxygens (including phenoxy) is 1. The van der Waals surface area contributed by atoms with E-state index in [9.17, 15) is 9.59 Å². The number of amides is 1. The quantitative estimate of drug-likeness (QED) is 0.599. The number of thiazole rings is 1. The van der Waals surface area contributed by atoms with Gasteiger partial charge in [-0.05, 0) is 30.0 Å². The molecule has 0 saturated carbocycles. The van der Waals surface area contributed by atoms with Crippen molar-refractivity contribution in [2.75, 3.05) is 11.9 Å². The number of carbonyl (C=O) groups is 2. The highest BCUT2D eigenvalue weighted by atomic mass is 32.1. The monoisotopic (exact) mass is 358 g/mol. The number of aromatic nitrogens is 1. The predicted octanol–water partition coefficient (Wildman–Crippen LogP) is 4.02. The molecule has 0 fully saturated rings. The minimum absolute atomic E-state index is 0.109. The molecule has 0 spiro atoms. The van der Waals surface area contributed by atoms with E-state index < -0.39 is 0 Å². The van der Waals surface area contributed by atoms with E-state index in [0.29, 0.717) is 23.4 Å². The van der Waals surface area contributed by atoms with Gasteiger partial charge in [0.15, 0.2) is 5.13 Å². The van der Waals surface area contributed by atoms with E-state index in [0.717, 1.165) is 5.56 Å². The number of hydrogen-bond donors (Lipinski definition) is 1. The molecule has 25 heavy (non-hydrogen) atoms. The number of nitrogens with one attached hydrogen (secondary N) is 1. The van der Waals surface area contributed by atoms with Crippen LogP contribution in [-0.4, -0.2) is 23.5 Å². The lowest BCUT2D eigenvalue weighted by Crippen LogP contribution is -2.09. The molecule has 0 unspecified atom stereocenters. The zero-order valence-corrected chi connectivity index (χ0v) is 15.4. The summed E-state index contributed by atoms with van der Waals surface area (Å²) in [7, 11) is 0. The fourth-order valence-electron chi connectivity index (χ4n) is 2.12. The summed E-state index contributed by atoms with van der Waals surface area (Å²) < 4.78 is 4.87. The van der Waals surface area contributed by atoms with E-state index in [1.54, 1.807) is 18.4 Å². The summed E-state index contributed by atoms with van der Waals surface area (Å²) in [6, 6.07) is 8.09. The van der Waals surface area contributed by atoms with Gasteiger partial charge >= 0.3 is 5.97 Å². The van der Waals surface area contributed by atoms with Crippen LogP contribution in [-0.2, 0) is 20.7 Å². The van der Waals surface area contributed by atoms with Crippen LogP contribution in [0.3, 0.4) is 0 Å². The van der Waals surface area contributed by atoms with Crippen molar-refractivity contribution in [2.24, 2.45) is 0 Å². The SMILES string of the molecule is CCOC(=O)Cc1csc(NC(=O)/C=C/c2ccc(C(C)C)cc2)n1. The number of rotatable bonds is 7. The first kappa shape index (κ1) is 18.9. The first-order valence-electron chi connectivity index (χ1n) is 8.17. The zero-order chi connectivity index (χ0) is 18.2. The summed E-state index contributed by atoms with van der Waals surface area (Å²) in [5, 5.41) is 4.90. The van der Waals surface area contributed by atoms with Crippen LogP contribution in [0.1, 0.15) is 43.5 Å². The molecule has 0 aliphatic heterocycles. The number of anilines is 1. The van der Waals surface area contributed by atoms with E-state index in [-0.39, 0.29) is 18.3 Å². The van der Waals surface area contributed by atoms with E-state index in [1.807, 2.05) is 12.1 Å². The van der Waals surface area contributed by atoms with Crippen LogP contribution in [0, 0.1) is 0 Å². The Kier molecular flexibility index (Phi) is 6.89. The molecule has 1 amide bonds. The largest absolute Gasteiger partial charge is 0.466 e. The molecule has 5 nitrogen and oxygen atoms in total. The van der Waals surface area contributed by atoms with Crippen LogP contribution in [0.4, 0.5) is 5.13 Å². The molecular weight excluding hydrogens is 336 g/mol. The third-order valence-electron chi connectivity index (χ3n) is 3.44. The summed E-state index contributed by atoms with van der Waals surface area (Å²) in [4.78, 5) is 27.6. The Balaban J connectivity index is 1.89. The second kappa shape index (κ2) is 9.13. The number of benzene rings is 1. The average Bonchev–Trinajstić information content (AvgIpc) is 3.00. The molecule has 1 aromatic heterocycles. The zero-order valence-electron chi connectivity index (χ0n) is 14.6. The normalized spacial score (nSPS) is 11.0. The standard InChI is InChI=1S/C19H22N2O3S/c1-4-24-18(23)11-16-12-25-19(20-16)21-17(22)10-7-14-5-8-15(9-6-14)13(2)3/h5-10,12-13H,4,11H2,1-3H3,(H,20,21,22)/b10-7+. The smallest absolute Gasteiger partial charge is 0.311 e. The van der Waals surface area contributed by atoms with Gasteiger partial charge in [-0.2, -0.15) is 0 Å². The molecule has 1 aromatic carbocycles. The molecule has 1 N–H and O–H groups in total. The highest BCUT2D eigenvalue weighted by Gasteiger charge is 2.09. The van der Waals surface area contributed by atoms with Crippen molar-refractivity contribution in [1.82, 2.24) is 4.98 Å². The van der Waals surface area contributed by atoms with Crippen LogP contribution < -0.4 is 5.32 Å². The third kappa shape index (κ3) is 6.15. The van der Waals surface area contributed by atoms with Crippen LogP contribution in [0.2, 0.25) is 0 Å². The summed E-state index contributed by atoms with van der Waals surface area (Å²) in [6.07, 6.45) is 3.33. The van der Waals surface area contributed by atoms with Crippen LogP contribution in [0.25, 0.3) is 6.08 Å². The fourth-order valence-corrected chi connectivity index (χ4v) is 2.83. The minimum atomic E-state index is -0.324. The van der Waals surface area contributed by atoms with Crippen LogP contribution in [0.5, 0.6) is 0 Å². The van der Waals surface area contributed by atoms with Gasteiger partial charge in [0, 0.05) is 11.5 Å². The molecule has 0 radical (unpaired) electrons. The summed E-state index contributed by atoms with van der Waals surface area (Å²) >= 11 is 1.28. The van der Waals surface area contributed by atoms with Gasteiger partial charge in [0.25, 0.3) is 0 Å². The molecular formula is C19H22N2O3S. The van der Waals surface area contributed by atoms with Gasteiger partial charge in [-0.3, -0.25) is 14.9 Å². The van der Waals surface area contributed by atoms with E-state index in [4.69, 9.17) is 4.74 Å². The van der Waals surface area contributed by atoms with Gasteiger partial charge in [-0.1, -0.05) is 38.1 Å². The molecule has 2 rings (SSSR count). The number of nitrogens with zero attached hydrogens (tertiary/aromatic N) is 1. The van der Waals surface area contributed by atoms with Crippen molar-refractivity contribution in [1.29, 1.82) is 0 Å². The first-order valence-corrected chi connectivity index (χ1v) is 9.05. The Hall–Kier alpha value is -2.47. The maximum absolute atomic E-state index is 12.0. The van der Waals surface area contributed by atoms with Crippen molar-refractivity contribution < 1.29 is 14.3 Å². The van der Waals surface area contributed by atoms with Gasteiger partial charge in [-0.15, -0.1) is 11.3 Å². The predicted molar refractivity (Wildman–Crippen MR) is 101 cm³/mol. The number of hydrogen-bond acceptors (Lipinski definition) is 5. The first-order chi connectivity index (χ1) is 12.0. The van der Waals surface area contributed by atoms with Gasteiger partial charge < -0.3 is 4.74 Å². The second-order valence-electron chi connectivity index (χ2n) is 5.77. The Morgan fingerprint density at radius 2 is 2.00 bits per heavy atom. The molecule has 6 heteroatoms. The Morgan fingerprint density at radius 3 is 2.64 bits per heavy atom. The maximum Gasteiger partial charge on any atom is 0.311 e. The van der Waals surface area contributed by atoms with E-state index >= 15 is 0 Å². The second-order valence-corrected chi connectivity index (χ2v) is 6.63.